The molecule has 0 unspecified atom stereocenters. The molecule has 2 aromatic heterocycles. The van der Waals surface area contributed by atoms with E-state index in [-0.39, 0.29) is 11.4 Å². The van der Waals surface area contributed by atoms with Gasteiger partial charge in [0.1, 0.15) is 17.9 Å². The van der Waals surface area contributed by atoms with Crippen molar-refractivity contribution in [1.82, 2.24) is 19.6 Å². The van der Waals surface area contributed by atoms with Crippen molar-refractivity contribution < 1.29 is 27.2 Å². The number of carbonyl (C=O) groups excluding carboxylic acids is 2. The molecule has 0 saturated heterocycles. The smallest absolute Gasteiger partial charge is 0.283 e. The van der Waals surface area contributed by atoms with Gasteiger partial charge in [-0.2, -0.15) is 10.2 Å². The van der Waals surface area contributed by atoms with Crippen molar-refractivity contribution in [3.63, 3.8) is 0 Å². The summed E-state index contributed by atoms with van der Waals surface area (Å²) in [6.07, 6.45) is -4.78. The van der Waals surface area contributed by atoms with Crippen LogP contribution in [0.25, 0.3) is 0 Å². The average molecular weight is 459 g/mol. The number of rotatable bonds is 7. The number of hydrogen-bond acceptors (Lipinski definition) is 4. The molecule has 1 aromatic carbocycles. The highest BCUT2D eigenvalue weighted by Crippen LogP contribution is 2.34. The maximum absolute atomic E-state index is 13.2. The van der Waals surface area contributed by atoms with Gasteiger partial charge in [-0.05, 0) is 24.3 Å². The van der Waals surface area contributed by atoms with E-state index in [0.29, 0.717) is 10.4 Å². The minimum Gasteiger partial charge on any atom is -0.324 e. The SMILES string of the molecule is Cn1ccc(C(=O)Nc2cccc(NC(=O)Cn3nc(C(F)F)c(Cl)c3C(F)F)c2)n1. The van der Waals surface area contributed by atoms with Crippen molar-refractivity contribution in [1.29, 1.82) is 0 Å². The largest absolute Gasteiger partial charge is 0.324 e. The number of benzene rings is 1. The zero-order valence-corrected chi connectivity index (χ0v) is 16.6. The Labute approximate surface area is 177 Å². The summed E-state index contributed by atoms with van der Waals surface area (Å²) in [7, 11) is 1.66. The Balaban J connectivity index is 1.71. The van der Waals surface area contributed by atoms with Gasteiger partial charge in [0, 0.05) is 24.6 Å². The maximum Gasteiger partial charge on any atom is 0.283 e. The molecule has 8 nitrogen and oxygen atoms in total. The van der Waals surface area contributed by atoms with E-state index in [4.69, 9.17) is 11.6 Å². The molecule has 2 N–H and O–H groups in total. The van der Waals surface area contributed by atoms with Crippen LogP contribution in [0.1, 0.15) is 34.7 Å². The monoisotopic (exact) mass is 458 g/mol. The normalized spacial score (nSPS) is 11.2. The Morgan fingerprint density at radius 3 is 2.32 bits per heavy atom. The summed E-state index contributed by atoms with van der Waals surface area (Å²) in [5.74, 6) is -1.29. The summed E-state index contributed by atoms with van der Waals surface area (Å²) in [5, 5.41) is 11.4. The second-order valence-electron chi connectivity index (χ2n) is 6.30. The molecule has 2 heterocycles. The van der Waals surface area contributed by atoms with E-state index in [9.17, 15) is 27.2 Å². The number of carbonyl (C=O) groups is 2. The highest BCUT2D eigenvalue weighted by molar-refractivity contribution is 6.32. The third kappa shape index (κ3) is 5.20. The van der Waals surface area contributed by atoms with Crippen molar-refractivity contribution in [3.8, 4) is 0 Å². The topological polar surface area (TPSA) is 93.8 Å². The first-order valence-corrected chi connectivity index (χ1v) is 9.06. The lowest BCUT2D eigenvalue weighted by atomic mass is 10.2. The molecule has 0 aliphatic carbocycles. The lowest BCUT2D eigenvalue weighted by Gasteiger charge is -2.10. The summed E-state index contributed by atoms with van der Waals surface area (Å²) < 4.78 is 54.1. The zero-order valence-electron chi connectivity index (χ0n) is 15.8. The predicted molar refractivity (Wildman–Crippen MR) is 103 cm³/mol. The highest BCUT2D eigenvalue weighted by atomic mass is 35.5. The van der Waals surface area contributed by atoms with Crippen LogP contribution in [-0.2, 0) is 18.4 Å². The molecule has 31 heavy (non-hydrogen) atoms. The van der Waals surface area contributed by atoms with Gasteiger partial charge in [-0.25, -0.2) is 17.6 Å². The van der Waals surface area contributed by atoms with Crippen LogP contribution in [0.3, 0.4) is 0 Å². The number of hydrogen-bond donors (Lipinski definition) is 2. The Morgan fingerprint density at radius 1 is 1.06 bits per heavy atom. The van der Waals surface area contributed by atoms with Crippen LogP contribution < -0.4 is 10.6 Å². The molecule has 0 aliphatic heterocycles. The molecule has 2 amide bonds. The molecule has 3 rings (SSSR count). The fourth-order valence-corrected chi connectivity index (χ4v) is 2.98. The van der Waals surface area contributed by atoms with E-state index in [1.165, 1.54) is 28.9 Å². The average Bonchev–Trinajstić information content (AvgIpc) is 3.25. The molecular weight excluding hydrogens is 444 g/mol. The Kier molecular flexibility index (Phi) is 6.59. The summed E-state index contributed by atoms with van der Waals surface area (Å²) >= 11 is 5.56. The second-order valence-corrected chi connectivity index (χ2v) is 6.68. The second kappa shape index (κ2) is 9.16. The molecule has 13 heteroatoms. The first-order valence-electron chi connectivity index (χ1n) is 8.69. The van der Waals surface area contributed by atoms with Crippen LogP contribution in [0.15, 0.2) is 36.5 Å². The van der Waals surface area contributed by atoms with E-state index in [2.05, 4.69) is 20.8 Å². The summed E-state index contributed by atoms with van der Waals surface area (Å²) in [6.45, 7) is -0.767. The number of halogens is 5. The molecule has 0 spiro atoms. The van der Waals surface area contributed by atoms with Gasteiger partial charge in [0.25, 0.3) is 18.8 Å². The molecular formula is C18H15ClF4N6O2. The predicted octanol–water partition coefficient (Wildman–Crippen LogP) is 4.04. The van der Waals surface area contributed by atoms with Crippen molar-refractivity contribution >= 4 is 34.8 Å². The van der Waals surface area contributed by atoms with Gasteiger partial charge in [-0.3, -0.25) is 19.0 Å². The molecule has 0 aliphatic rings. The molecule has 0 fully saturated rings. The number of aryl methyl sites for hydroxylation is 1. The molecule has 164 valence electrons. The third-order valence-electron chi connectivity index (χ3n) is 4.01. The van der Waals surface area contributed by atoms with Gasteiger partial charge < -0.3 is 10.6 Å². The van der Waals surface area contributed by atoms with Gasteiger partial charge in [0.15, 0.2) is 5.69 Å². The van der Waals surface area contributed by atoms with Crippen molar-refractivity contribution in [2.45, 2.75) is 19.4 Å². The van der Waals surface area contributed by atoms with E-state index < -0.39 is 47.6 Å². The van der Waals surface area contributed by atoms with Crippen LogP contribution in [0.4, 0.5) is 28.9 Å². The van der Waals surface area contributed by atoms with E-state index >= 15 is 0 Å². The number of nitrogens with zero attached hydrogens (tertiary/aromatic N) is 4. The standard InChI is InChI=1S/C18H15ClF4N6O2/c1-28-6-5-11(26-28)18(31)25-10-4-2-3-9(7-10)24-12(30)8-29-15(17(22)23)13(19)14(27-29)16(20)21/h2-7,16-17H,8H2,1H3,(H,24,30)(H,25,31). The van der Waals surface area contributed by atoms with Crippen LogP contribution in [0.2, 0.25) is 5.02 Å². The lowest BCUT2D eigenvalue weighted by Crippen LogP contribution is -2.21. The van der Waals surface area contributed by atoms with Gasteiger partial charge in [0.2, 0.25) is 5.91 Å². The molecule has 0 radical (unpaired) electrons. The third-order valence-corrected chi connectivity index (χ3v) is 4.40. The zero-order chi connectivity index (χ0) is 22.7. The lowest BCUT2D eigenvalue weighted by molar-refractivity contribution is -0.117. The summed E-state index contributed by atoms with van der Waals surface area (Å²) in [4.78, 5) is 24.4. The summed E-state index contributed by atoms with van der Waals surface area (Å²) in [6, 6.07) is 7.53. The number of amides is 2. The van der Waals surface area contributed by atoms with Gasteiger partial charge in [-0.15, -0.1) is 0 Å². The van der Waals surface area contributed by atoms with Gasteiger partial charge in [0.05, 0.1) is 5.02 Å². The number of anilines is 2. The van der Waals surface area contributed by atoms with Crippen molar-refractivity contribution in [3.05, 3.63) is 58.6 Å². The highest BCUT2D eigenvalue weighted by Gasteiger charge is 2.28. The van der Waals surface area contributed by atoms with E-state index in [1.54, 1.807) is 19.3 Å². The maximum atomic E-state index is 13.2. The number of nitrogens with one attached hydrogen (secondary N) is 2. The molecule has 0 saturated carbocycles. The van der Waals surface area contributed by atoms with Crippen molar-refractivity contribution in [2.75, 3.05) is 10.6 Å². The van der Waals surface area contributed by atoms with Crippen LogP contribution in [0.5, 0.6) is 0 Å². The summed E-state index contributed by atoms with van der Waals surface area (Å²) in [5.41, 5.74) is -1.24. The Morgan fingerprint density at radius 2 is 1.74 bits per heavy atom. The minimum atomic E-state index is -3.20. The number of aromatic nitrogens is 4. The first kappa shape index (κ1) is 22.3. The number of alkyl halides is 4. The molecule has 3 aromatic rings. The minimum absolute atomic E-state index is 0.182. The Hall–Kier alpha value is -3.41. The molecule has 0 bridgehead atoms. The van der Waals surface area contributed by atoms with Gasteiger partial charge in [-0.1, -0.05) is 17.7 Å². The van der Waals surface area contributed by atoms with Gasteiger partial charge >= 0.3 is 0 Å². The van der Waals surface area contributed by atoms with Crippen LogP contribution in [0, 0.1) is 0 Å². The van der Waals surface area contributed by atoms with Crippen LogP contribution >= 0.6 is 11.6 Å². The van der Waals surface area contributed by atoms with E-state index in [1.807, 2.05) is 0 Å². The quantitative estimate of drug-likeness (QED) is 0.523. The fraction of sp³-hybridized carbons (Fsp3) is 0.222. The molecule has 0 atom stereocenters. The fourth-order valence-electron chi connectivity index (χ4n) is 2.68. The van der Waals surface area contributed by atoms with E-state index in [0.717, 1.165) is 0 Å². The van der Waals surface area contributed by atoms with Crippen LogP contribution in [-0.4, -0.2) is 31.4 Å². The van der Waals surface area contributed by atoms with Crippen molar-refractivity contribution in [2.24, 2.45) is 7.05 Å². The Bertz CT molecular complexity index is 1110. The first-order chi connectivity index (χ1) is 14.7.